The lowest BCUT2D eigenvalue weighted by Crippen LogP contribution is -2.14. The highest BCUT2D eigenvalue weighted by atomic mass is 35.5. The number of benzene rings is 5. The normalized spacial score (nSPS) is 16.4. The Kier molecular flexibility index (Phi) is 7.01. The molecular weight excluding hydrogens is 591 g/mol. The molecule has 0 saturated heterocycles. The van der Waals surface area contributed by atoms with Gasteiger partial charge in [-0.25, -0.2) is 0 Å². The van der Waals surface area contributed by atoms with E-state index in [0.717, 1.165) is 46.7 Å². The molecular formula is C41H33Cl2N2+. The SMILES string of the molecule is CCn1/c(=C/C=C2/CCC(/C=C/C3=[N+](CC)c4ccc(Cl)c5cccc3c45)=C2c2ccccc2)c2cccc3c(Cl)ccc1c32. The molecule has 0 N–H and O–H groups in total. The molecule has 2 aliphatic rings. The van der Waals surface area contributed by atoms with Gasteiger partial charge < -0.3 is 4.57 Å². The van der Waals surface area contributed by atoms with E-state index in [0.29, 0.717) is 0 Å². The Balaban J connectivity index is 1.28. The van der Waals surface area contributed by atoms with Crippen LogP contribution >= 0.6 is 23.2 Å². The van der Waals surface area contributed by atoms with Gasteiger partial charge in [0.1, 0.15) is 6.54 Å². The van der Waals surface area contributed by atoms with Crippen molar-refractivity contribution in [2.45, 2.75) is 33.2 Å². The molecule has 1 aromatic heterocycles. The molecule has 220 valence electrons. The van der Waals surface area contributed by atoms with E-state index in [9.17, 15) is 0 Å². The highest BCUT2D eigenvalue weighted by Crippen LogP contribution is 2.41. The average Bonchev–Trinajstić information content (AvgIpc) is 3.73. The summed E-state index contributed by atoms with van der Waals surface area (Å²) < 4.78 is 4.82. The summed E-state index contributed by atoms with van der Waals surface area (Å²) in [6.07, 6.45) is 11.4. The Hall–Kier alpha value is -4.37. The first kappa shape index (κ1) is 28.1. The number of aromatic nitrogens is 1. The van der Waals surface area contributed by atoms with Gasteiger partial charge in [0.2, 0.25) is 11.4 Å². The maximum atomic E-state index is 6.63. The van der Waals surface area contributed by atoms with Gasteiger partial charge in [-0.3, -0.25) is 0 Å². The number of halogens is 2. The van der Waals surface area contributed by atoms with Crippen LogP contribution in [-0.4, -0.2) is 21.4 Å². The van der Waals surface area contributed by atoms with Crippen LogP contribution in [0.1, 0.15) is 37.8 Å². The van der Waals surface area contributed by atoms with Crippen molar-refractivity contribution in [3.63, 3.8) is 0 Å². The molecule has 8 rings (SSSR count). The minimum atomic E-state index is 0.803. The predicted molar refractivity (Wildman–Crippen MR) is 193 cm³/mol. The van der Waals surface area contributed by atoms with Crippen molar-refractivity contribution in [2.24, 2.45) is 0 Å². The Bertz CT molecular complexity index is 2350. The molecule has 6 aromatic rings. The van der Waals surface area contributed by atoms with Crippen molar-refractivity contribution in [1.82, 2.24) is 4.57 Å². The molecule has 0 amide bonds. The molecule has 0 bridgehead atoms. The maximum absolute atomic E-state index is 6.63. The number of hydrogen-bond acceptors (Lipinski definition) is 0. The molecule has 5 aromatic carbocycles. The van der Waals surface area contributed by atoms with E-state index in [4.69, 9.17) is 23.2 Å². The van der Waals surface area contributed by atoms with Crippen molar-refractivity contribution in [1.29, 1.82) is 0 Å². The number of nitrogens with zero attached hydrogens (tertiary/aromatic N) is 2. The summed E-state index contributed by atoms with van der Waals surface area (Å²) in [5, 5.41) is 8.81. The molecule has 2 heterocycles. The van der Waals surface area contributed by atoms with Gasteiger partial charge in [-0.2, -0.15) is 4.58 Å². The number of rotatable bonds is 6. The first-order valence-corrected chi connectivity index (χ1v) is 16.6. The third kappa shape index (κ3) is 4.42. The molecule has 0 atom stereocenters. The minimum Gasteiger partial charge on any atom is -0.341 e. The molecule has 2 nitrogen and oxygen atoms in total. The predicted octanol–water partition coefficient (Wildman–Crippen LogP) is 10.7. The van der Waals surface area contributed by atoms with E-state index in [1.54, 1.807) is 0 Å². The Morgan fingerprint density at radius 2 is 1.44 bits per heavy atom. The Labute approximate surface area is 273 Å². The lowest BCUT2D eigenvalue weighted by atomic mass is 9.97. The van der Waals surface area contributed by atoms with Crippen LogP contribution in [0.25, 0.3) is 44.1 Å². The van der Waals surface area contributed by atoms with E-state index in [1.807, 2.05) is 12.1 Å². The average molecular weight is 625 g/mol. The molecule has 1 aliphatic carbocycles. The second kappa shape index (κ2) is 11.2. The first-order valence-electron chi connectivity index (χ1n) is 15.8. The molecule has 0 unspecified atom stereocenters. The van der Waals surface area contributed by atoms with Crippen LogP contribution in [0.5, 0.6) is 0 Å². The monoisotopic (exact) mass is 623 g/mol. The van der Waals surface area contributed by atoms with Crippen molar-refractivity contribution < 1.29 is 4.58 Å². The highest BCUT2D eigenvalue weighted by molar-refractivity contribution is 6.38. The van der Waals surface area contributed by atoms with E-state index in [2.05, 4.69) is 126 Å². The first-order chi connectivity index (χ1) is 22.1. The van der Waals surface area contributed by atoms with Crippen molar-refractivity contribution in [2.75, 3.05) is 6.54 Å². The Morgan fingerprint density at radius 1 is 0.711 bits per heavy atom. The minimum absolute atomic E-state index is 0.803. The van der Waals surface area contributed by atoms with Gasteiger partial charge in [-0.1, -0.05) is 96.0 Å². The zero-order chi connectivity index (χ0) is 30.7. The van der Waals surface area contributed by atoms with Crippen molar-refractivity contribution in [3.05, 3.63) is 147 Å². The van der Waals surface area contributed by atoms with Crippen LogP contribution in [0.4, 0.5) is 5.69 Å². The second-order valence-corrected chi connectivity index (χ2v) is 12.6. The molecule has 45 heavy (non-hydrogen) atoms. The quantitative estimate of drug-likeness (QED) is 0.163. The van der Waals surface area contributed by atoms with E-state index < -0.39 is 0 Å². The zero-order valence-corrected chi connectivity index (χ0v) is 27.0. The second-order valence-electron chi connectivity index (χ2n) is 11.8. The molecule has 1 aliphatic heterocycles. The zero-order valence-electron chi connectivity index (χ0n) is 25.4. The van der Waals surface area contributed by atoms with Crippen LogP contribution < -0.4 is 5.35 Å². The fourth-order valence-corrected chi connectivity index (χ4v) is 8.01. The van der Waals surface area contributed by atoms with Crippen LogP contribution in [0.3, 0.4) is 0 Å². The van der Waals surface area contributed by atoms with E-state index in [-0.39, 0.29) is 0 Å². The van der Waals surface area contributed by atoms with Crippen molar-refractivity contribution in [3.8, 4) is 0 Å². The van der Waals surface area contributed by atoms with Gasteiger partial charge in [-0.05, 0) is 79.3 Å². The summed E-state index contributed by atoms with van der Waals surface area (Å²) in [5.74, 6) is 0. The van der Waals surface area contributed by atoms with E-state index >= 15 is 0 Å². The molecule has 4 heteroatoms. The highest BCUT2D eigenvalue weighted by Gasteiger charge is 2.30. The van der Waals surface area contributed by atoms with Gasteiger partial charge in [0.15, 0.2) is 0 Å². The topological polar surface area (TPSA) is 7.94 Å². The van der Waals surface area contributed by atoms with Crippen molar-refractivity contribution >= 4 is 78.7 Å². The molecule has 0 spiro atoms. The van der Waals surface area contributed by atoms with Gasteiger partial charge in [0.25, 0.3) is 0 Å². The fraction of sp³-hybridized carbons (Fsp3) is 0.146. The summed E-state index contributed by atoms with van der Waals surface area (Å²) in [6, 6.07) is 32.2. The standard InChI is InChI=1S/C41H33Cl2N2/c1-3-44-35(31-14-8-12-29-33(42)20-24-37(44)40(29)31)22-18-27-16-17-28(39(27)26-10-6-5-7-11-26)19-23-36-32-15-9-13-30-34(43)21-25-38(41(30)32)45(36)4-2/h5-15,18-25H,3-4,16-17H2,1-2H3/q+1. The summed E-state index contributed by atoms with van der Waals surface area (Å²) in [6.45, 7) is 6.22. The summed E-state index contributed by atoms with van der Waals surface area (Å²) in [5.41, 5.74) is 10.3. The summed E-state index contributed by atoms with van der Waals surface area (Å²) >= 11 is 13.3. The van der Waals surface area contributed by atoms with Crippen LogP contribution in [-0.2, 0) is 6.54 Å². The fourth-order valence-electron chi connectivity index (χ4n) is 7.57. The van der Waals surface area contributed by atoms with Crippen LogP contribution in [0.15, 0.2) is 120 Å². The van der Waals surface area contributed by atoms with Gasteiger partial charge in [0.05, 0.1) is 10.9 Å². The molecule has 0 radical (unpaired) electrons. The molecule has 0 saturated carbocycles. The lowest BCUT2D eigenvalue weighted by Gasteiger charge is -2.08. The largest absolute Gasteiger partial charge is 0.341 e. The third-order valence-electron chi connectivity index (χ3n) is 9.53. The lowest BCUT2D eigenvalue weighted by molar-refractivity contribution is -0.430. The van der Waals surface area contributed by atoms with E-state index in [1.165, 1.54) is 66.3 Å². The van der Waals surface area contributed by atoms with Gasteiger partial charge in [-0.15, -0.1) is 0 Å². The molecule has 0 fully saturated rings. The van der Waals surface area contributed by atoms with Crippen LogP contribution in [0, 0.1) is 0 Å². The number of allylic oxidation sites excluding steroid dienone is 6. The summed E-state index contributed by atoms with van der Waals surface area (Å²) in [4.78, 5) is 0. The van der Waals surface area contributed by atoms with Gasteiger partial charge in [0, 0.05) is 61.1 Å². The van der Waals surface area contributed by atoms with Gasteiger partial charge >= 0.3 is 0 Å². The Morgan fingerprint density at radius 3 is 2.22 bits per heavy atom. The number of hydrogen-bond donors (Lipinski definition) is 0. The third-order valence-corrected chi connectivity index (χ3v) is 10.2. The summed E-state index contributed by atoms with van der Waals surface area (Å²) in [7, 11) is 0. The number of aryl methyl sites for hydroxylation is 1. The smallest absolute Gasteiger partial charge is 0.214 e. The van der Waals surface area contributed by atoms with Crippen LogP contribution in [0.2, 0.25) is 10.0 Å². The maximum Gasteiger partial charge on any atom is 0.214 e.